The highest BCUT2D eigenvalue weighted by Crippen LogP contribution is 2.13. The molecule has 0 saturated heterocycles. The van der Waals surface area contributed by atoms with Crippen molar-refractivity contribution >= 4 is 0 Å². The molecule has 0 aliphatic carbocycles. The summed E-state index contributed by atoms with van der Waals surface area (Å²) in [5.41, 5.74) is 1.34. The van der Waals surface area contributed by atoms with E-state index in [1.165, 1.54) is 12.0 Å². The average molecular weight is 287 g/mol. The van der Waals surface area contributed by atoms with Gasteiger partial charge in [-0.05, 0) is 44.0 Å². The zero-order chi connectivity index (χ0) is 14.9. The zero-order valence-electron chi connectivity index (χ0n) is 13.0. The summed E-state index contributed by atoms with van der Waals surface area (Å²) in [4.78, 5) is 4.01. The van der Waals surface area contributed by atoms with Crippen LogP contribution in [-0.2, 0) is 13.0 Å². The molecule has 21 heavy (non-hydrogen) atoms. The molecule has 0 fully saturated rings. The van der Waals surface area contributed by atoms with Crippen LogP contribution in [0.25, 0.3) is 0 Å². The van der Waals surface area contributed by atoms with Gasteiger partial charge in [0.25, 0.3) is 0 Å². The highest BCUT2D eigenvalue weighted by molar-refractivity contribution is 5.27. The van der Waals surface area contributed by atoms with Gasteiger partial charge in [-0.15, -0.1) is 0 Å². The van der Waals surface area contributed by atoms with Crippen molar-refractivity contribution in [1.29, 1.82) is 0 Å². The summed E-state index contributed by atoms with van der Waals surface area (Å²) in [7, 11) is 0. The van der Waals surface area contributed by atoms with Crippen LogP contribution < -0.4 is 10.1 Å². The highest BCUT2D eigenvalue weighted by atomic mass is 16.5. The third kappa shape index (κ3) is 5.60. The molecule has 0 saturated carbocycles. The summed E-state index contributed by atoms with van der Waals surface area (Å²) in [6, 6.07) is 8.91. The predicted molar refractivity (Wildman–Crippen MR) is 85.6 cm³/mol. The predicted octanol–water partition coefficient (Wildman–Crippen LogP) is 2.89. The molecule has 0 spiro atoms. The van der Waals surface area contributed by atoms with Crippen LogP contribution in [0, 0.1) is 0 Å². The van der Waals surface area contributed by atoms with Crippen molar-refractivity contribution in [3.05, 3.63) is 48.5 Å². The first-order valence-corrected chi connectivity index (χ1v) is 7.69. The monoisotopic (exact) mass is 287 g/mol. The Bertz CT molecular complexity index is 493. The summed E-state index contributed by atoms with van der Waals surface area (Å²) >= 11 is 0. The lowest BCUT2D eigenvalue weighted by Crippen LogP contribution is -2.28. The van der Waals surface area contributed by atoms with Gasteiger partial charge in [-0.25, -0.2) is 4.98 Å². The first-order chi connectivity index (χ1) is 10.3. The summed E-state index contributed by atoms with van der Waals surface area (Å²) in [6.45, 7) is 6.97. The quantitative estimate of drug-likeness (QED) is 0.771. The molecular formula is C17H25N3O. The van der Waals surface area contributed by atoms with Crippen LogP contribution >= 0.6 is 0 Å². The molecule has 2 aromatic rings. The SMILES string of the molecule is CCCNC(C)Cc1ccc(OCCn2ccnc2)cc1. The first-order valence-electron chi connectivity index (χ1n) is 7.69. The van der Waals surface area contributed by atoms with Gasteiger partial charge in [0.2, 0.25) is 0 Å². The van der Waals surface area contributed by atoms with Gasteiger partial charge < -0.3 is 14.6 Å². The van der Waals surface area contributed by atoms with Crippen molar-refractivity contribution in [2.45, 2.75) is 39.3 Å². The van der Waals surface area contributed by atoms with Crippen LogP contribution in [0.5, 0.6) is 5.75 Å². The number of rotatable bonds is 9. The number of nitrogens with one attached hydrogen (secondary N) is 1. The normalized spacial score (nSPS) is 12.3. The smallest absolute Gasteiger partial charge is 0.119 e. The lowest BCUT2D eigenvalue weighted by molar-refractivity contribution is 0.298. The highest BCUT2D eigenvalue weighted by Gasteiger charge is 2.02. The maximum Gasteiger partial charge on any atom is 0.119 e. The van der Waals surface area contributed by atoms with E-state index in [-0.39, 0.29) is 0 Å². The molecule has 1 N–H and O–H groups in total. The van der Waals surface area contributed by atoms with Crippen molar-refractivity contribution in [3.63, 3.8) is 0 Å². The second kappa shape index (κ2) is 8.47. The van der Waals surface area contributed by atoms with Gasteiger partial charge >= 0.3 is 0 Å². The summed E-state index contributed by atoms with van der Waals surface area (Å²) in [6.07, 6.45) is 7.75. The van der Waals surface area contributed by atoms with Crippen LogP contribution in [0.2, 0.25) is 0 Å². The minimum Gasteiger partial charge on any atom is -0.492 e. The minimum absolute atomic E-state index is 0.512. The molecule has 114 valence electrons. The second-order valence-corrected chi connectivity index (χ2v) is 5.35. The van der Waals surface area contributed by atoms with E-state index in [0.29, 0.717) is 12.6 Å². The number of hydrogen-bond donors (Lipinski definition) is 1. The van der Waals surface area contributed by atoms with Crippen LogP contribution in [0.4, 0.5) is 0 Å². The van der Waals surface area contributed by atoms with E-state index in [1.807, 2.05) is 10.8 Å². The van der Waals surface area contributed by atoms with E-state index in [1.54, 1.807) is 12.5 Å². The van der Waals surface area contributed by atoms with E-state index in [4.69, 9.17) is 4.74 Å². The molecule has 1 aromatic carbocycles. The van der Waals surface area contributed by atoms with Gasteiger partial charge in [0.05, 0.1) is 12.9 Å². The Morgan fingerprint density at radius 3 is 2.76 bits per heavy atom. The van der Waals surface area contributed by atoms with Gasteiger partial charge in [-0.2, -0.15) is 0 Å². The Hall–Kier alpha value is -1.81. The van der Waals surface area contributed by atoms with Crippen LogP contribution in [0.3, 0.4) is 0 Å². The van der Waals surface area contributed by atoms with Gasteiger partial charge in [0.1, 0.15) is 12.4 Å². The van der Waals surface area contributed by atoms with Crippen LogP contribution in [-0.4, -0.2) is 28.7 Å². The fourth-order valence-electron chi connectivity index (χ4n) is 2.23. The van der Waals surface area contributed by atoms with Crippen molar-refractivity contribution in [2.24, 2.45) is 0 Å². The molecule has 0 radical (unpaired) electrons. The van der Waals surface area contributed by atoms with Crippen molar-refractivity contribution in [1.82, 2.24) is 14.9 Å². The molecule has 4 heteroatoms. The molecule has 0 aliphatic rings. The molecule has 2 rings (SSSR count). The van der Waals surface area contributed by atoms with E-state index in [9.17, 15) is 0 Å². The molecule has 1 unspecified atom stereocenters. The molecule has 1 heterocycles. The Morgan fingerprint density at radius 1 is 1.29 bits per heavy atom. The number of benzene rings is 1. The molecule has 0 amide bonds. The Kier molecular flexibility index (Phi) is 6.28. The summed E-state index contributed by atoms with van der Waals surface area (Å²) < 4.78 is 7.75. The number of ether oxygens (including phenoxy) is 1. The Balaban J connectivity index is 1.73. The first kappa shape index (κ1) is 15.6. The van der Waals surface area contributed by atoms with Crippen LogP contribution in [0.1, 0.15) is 25.8 Å². The van der Waals surface area contributed by atoms with Gasteiger partial charge in [-0.3, -0.25) is 0 Å². The van der Waals surface area contributed by atoms with E-state index in [0.717, 1.165) is 25.3 Å². The van der Waals surface area contributed by atoms with E-state index >= 15 is 0 Å². The summed E-state index contributed by atoms with van der Waals surface area (Å²) in [5, 5.41) is 3.51. The molecule has 1 atom stereocenters. The fraction of sp³-hybridized carbons (Fsp3) is 0.471. The van der Waals surface area contributed by atoms with Crippen LogP contribution in [0.15, 0.2) is 43.0 Å². The van der Waals surface area contributed by atoms with Gasteiger partial charge in [-0.1, -0.05) is 19.1 Å². The molecular weight excluding hydrogens is 262 g/mol. The molecule has 0 aliphatic heterocycles. The maximum atomic E-state index is 5.74. The topological polar surface area (TPSA) is 39.1 Å². The van der Waals surface area contributed by atoms with Gasteiger partial charge in [0, 0.05) is 18.4 Å². The zero-order valence-corrected chi connectivity index (χ0v) is 13.0. The number of imidazole rings is 1. The van der Waals surface area contributed by atoms with Crippen molar-refractivity contribution in [2.75, 3.05) is 13.2 Å². The number of nitrogens with zero attached hydrogens (tertiary/aromatic N) is 2. The molecule has 4 nitrogen and oxygen atoms in total. The third-order valence-electron chi connectivity index (χ3n) is 3.39. The fourth-order valence-corrected chi connectivity index (χ4v) is 2.23. The number of hydrogen-bond acceptors (Lipinski definition) is 3. The number of aromatic nitrogens is 2. The third-order valence-corrected chi connectivity index (χ3v) is 3.39. The van der Waals surface area contributed by atoms with Gasteiger partial charge in [0.15, 0.2) is 0 Å². The average Bonchev–Trinajstić information content (AvgIpc) is 3.00. The molecule has 0 bridgehead atoms. The Labute approximate surface area is 127 Å². The molecule has 1 aromatic heterocycles. The lowest BCUT2D eigenvalue weighted by atomic mass is 10.1. The minimum atomic E-state index is 0.512. The van der Waals surface area contributed by atoms with E-state index < -0.39 is 0 Å². The summed E-state index contributed by atoms with van der Waals surface area (Å²) in [5.74, 6) is 0.924. The van der Waals surface area contributed by atoms with Crippen molar-refractivity contribution < 1.29 is 4.74 Å². The Morgan fingerprint density at radius 2 is 2.10 bits per heavy atom. The maximum absolute atomic E-state index is 5.74. The standard InChI is InChI=1S/C17H25N3O/c1-3-8-19-15(2)13-16-4-6-17(7-5-16)21-12-11-20-10-9-18-14-20/h4-7,9-10,14-15,19H,3,8,11-13H2,1-2H3. The largest absolute Gasteiger partial charge is 0.492 e. The van der Waals surface area contributed by atoms with Crippen molar-refractivity contribution in [3.8, 4) is 5.75 Å². The lowest BCUT2D eigenvalue weighted by Gasteiger charge is -2.13. The van der Waals surface area contributed by atoms with E-state index in [2.05, 4.69) is 48.4 Å². The second-order valence-electron chi connectivity index (χ2n) is 5.35.